The van der Waals surface area contributed by atoms with Crippen molar-refractivity contribution >= 4 is 17.5 Å². The molecule has 5 nitrogen and oxygen atoms in total. The Morgan fingerprint density at radius 2 is 1.71 bits per heavy atom. The first-order valence-electron chi connectivity index (χ1n) is 9.89. The highest BCUT2D eigenvalue weighted by atomic mass is 16.2. The van der Waals surface area contributed by atoms with E-state index in [0.29, 0.717) is 11.5 Å². The Bertz CT molecular complexity index is 818. The van der Waals surface area contributed by atoms with Crippen LogP contribution >= 0.6 is 0 Å². The van der Waals surface area contributed by atoms with E-state index in [9.17, 15) is 9.59 Å². The topological polar surface area (TPSA) is 70.6 Å². The van der Waals surface area contributed by atoms with Crippen molar-refractivity contribution in [3.63, 3.8) is 0 Å². The second-order valence-electron chi connectivity index (χ2n) is 7.29. The molecule has 2 N–H and O–H groups in total. The summed E-state index contributed by atoms with van der Waals surface area (Å²) in [6.45, 7) is 2.15. The lowest BCUT2D eigenvalue weighted by atomic mass is 9.89. The van der Waals surface area contributed by atoms with Gasteiger partial charge in [-0.3, -0.25) is 9.59 Å². The van der Waals surface area contributed by atoms with Crippen LogP contribution in [0.15, 0.2) is 65.8 Å². The molecule has 0 aromatic heterocycles. The van der Waals surface area contributed by atoms with E-state index in [1.807, 2.05) is 48.5 Å². The van der Waals surface area contributed by atoms with E-state index in [2.05, 4.69) is 22.8 Å². The second kappa shape index (κ2) is 9.83. The van der Waals surface area contributed by atoms with Crippen LogP contribution in [0.25, 0.3) is 0 Å². The third-order valence-electron chi connectivity index (χ3n) is 5.15. The first-order chi connectivity index (χ1) is 13.6. The molecule has 2 aromatic rings. The molecule has 0 heterocycles. The predicted molar refractivity (Wildman–Crippen MR) is 111 cm³/mol. The molecule has 0 radical (unpaired) electrons. The molecule has 0 spiro atoms. The Morgan fingerprint density at radius 1 is 1.04 bits per heavy atom. The summed E-state index contributed by atoms with van der Waals surface area (Å²) in [5.41, 5.74) is 5.21. The first kappa shape index (κ1) is 19.8. The lowest BCUT2D eigenvalue weighted by Gasteiger charge is -2.21. The molecule has 5 heteroatoms. The molecule has 28 heavy (non-hydrogen) atoms. The highest BCUT2D eigenvalue weighted by Crippen LogP contribution is 2.21. The Labute approximate surface area is 166 Å². The zero-order chi connectivity index (χ0) is 19.8. The minimum Gasteiger partial charge on any atom is -0.345 e. The van der Waals surface area contributed by atoms with Gasteiger partial charge in [0.15, 0.2) is 0 Å². The van der Waals surface area contributed by atoms with Gasteiger partial charge in [-0.2, -0.15) is 5.10 Å². The van der Waals surface area contributed by atoms with Gasteiger partial charge in [-0.05, 0) is 42.9 Å². The Morgan fingerprint density at radius 3 is 2.39 bits per heavy atom. The maximum Gasteiger partial charge on any atom is 0.251 e. The largest absolute Gasteiger partial charge is 0.345 e. The quantitative estimate of drug-likeness (QED) is 0.740. The third kappa shape index (κ3) is 5.52. The van der Waals surface area contributed by atoms with Crippen molar-refractivity contribution in [2.45, 2.75) is 45.1 Å². The highest BCUT2D eigenvalue weighted by Gasteiger charge is 2.20. The van der Waals surface area contributed by atoms with Gasteiger partial charge in [-0.1, -0.05) is 61.9 Å². The van der Waals surface area contributed by atoms with Crippen LogP contribution in [0.5, 0.6) is 0 Å². The molecule has 2 atom stereocenters. The molecular formula is C23H27N3O2. The smallest absolute Gasteiger partial charge is 0.251 e. The maximum atomic E-state index is 12.6. The SMILES string of the molecule is C[C@H]1CCCC/C1=N\NC(=O)C[C@@H](NC(=O)c1ccccc1)c1ccccc1. The summed E-state index contributed by atoms with van der Waals surface area (Å²) in [6.07, 6.45) is 4.53. The van der Waals surface area contributed by atoms with Crippen LogP contribution in [0.1, 0.15) is 61.0 Å². The molecule has 2 aromatic carbocycles. The summed E-state index contributed by atoms with van der Waals surface area (Å²) in [6, 6.07) is 18.1. The van der Waals surface area contributed by atoms with Gasteiger partial charge in [0.2, 0.25) is 5.91 Å². The summed E-state index contributed by atoms with van der Waals surface area (Å²) < 4.78 is 0. The molecule has 1 aliphatic rings. The number of nitrogens with one attached hydrogen (secondary N) is 2. The number of rotatable bonds is 6. The lowest BCUT2D eigenvalue weighted by molar-refractivity contribution is -0.121. The van der Waals surface area contributed by atoms with Crippen molar-refractivity contribution in [3.8, 4) is 0 Å². The van der Waals surface area contributed by atoms with Crippen LogP contribution in [0.4, 0.5) is 0 Å². The molecule has 1 fully saturated rings. The van der Waals surface area contributed by atoms with E-state index >= 15 is 0 Å². The Kier molecular flexibility index (Phi) is 6.95. The number of carbonyl (C=O) groups is 2. The van der Waals surface area contributed by atoms with Crippen LogP contribution < -0.4 is 10.7 Å². The molecule has 1 saturated carbocycles. The van der Waals surface area contributed by atoms with Crippen molar-refractivity contribution < 1.29 is 9.59 Å². The summed E-state index contributed by atoms with van der Waals surface area (Å²) in [5.74, 6) is 0.0127. The van der Waals surface area contributed by atoms with Crippen LogP contribution in [-0.4, -0.2) is 17.5 Å². The molecule has 3 rings (SSSR count). The van der Waals surface area contributed by atoms with Crippen LogP contribution in [0.3, 0.4) is 0 Å². The van der Waals surface area contributed by atoms with Gasteiger partial charge in [-0.25, -0.2) is 5.43 Å². The fraction of sp³-hybridized carbons (Fsp3) is 0.348. The fourth-order valence-electron chi connectivity index (χ4n) is 3.47. The third-order valence-corrected chi connectivity index (χ3v) is 5.15. The van der Waals surface area contributed by atoms with E-state index in [0.717, 1.165) is 30.5 Å². The first-order valence-corrected chi connectivity index (χ1v) is 9.89. The fourth-order valence-corrected chi connectivity index (χ4v) is 3.47. The summed E-state index contributed by atoms with van der Waals surface area (Å²) >= 11 is 0. The van der Waals surface area contributed by atoms with E-state index in [-0.39, 0.29) is 18.2 Å². The standard InChI is InChI=1S/C23H27N3O2/c1-17-10-8-9-15-20(17)25-26-22(27)16-21(18-11-4-2-5-12-18)24-23(28)19-13-6-3-7-14-19/h2-7,11-14,17,21H,8-10,15-16H2,1H3,(H,24,28)(H,26,27)/b25-20+/t17-,21+/m0/s1. The second-order valence-corrected chi connectivity index (χ2v) is 7.29. The van der Waals surface area contributed by atoms with E-state index in [1.54, 1.807) is 12.1 Å². The van der Waals surface area contributed by atoms with E-state index in [4.69, 9.17) is 0 Å². The monoisotopic (exact) mass is 377 g/mol. The molecule has 0 aliphatic heterocycles. The number of amides is 2. The Balaban J connectivity index is 1.68. The van der Waals surface area contributed by atoms with Crippen LogP contribution in [0.2, 0.25) is 0 Å². The minimum absolute atomic E-state index is 0.133. The molecule has 0 bridgehead atoms. The van der Waals surface area contributed by atoms with E-state index in [1.165, 1.54) is 6.42 Å². The number of carbonyl (C=O) groups excluding carboxylic acids is 2. The van der Waals surface area contributed by atoms with Crippen LogP contribution in [0, 0.1) is 5.92 Å². The van der Waals surface area contributed by atoms with Gasteiger partial charge in [0.05, 0.1) is 12.5 Å². The van der Waals surface area contributed by atoms with Gasteiger partial charge in [-0.15, -0.1) is 0 Å². The zero-order valence-electron chi connectivity index (χ0n) is 16.2. The summed E-state index contributed by atoms with van der Waals surface area (Å²) in [7, 11) is 0. The average Bonchev–Trinajstić information content (AvgIpc) is 2.74. The van der Waals surface area contributed by atoms with Crippen molar-refractivity contribution in [2.75, 3.05) is 0 Å². The Hall–Kier alpha value is -2.95. The van der Waals surface area contributed by atoms with Gasteiger partial charge >= 0.3 is 0 Å². The number of benzene rings is 2. The number of hydrogen-bond donors (Lipinski definition) is 2. The van der Waals surface area contributed by atoms with E-state index < -0.39 is 6.04 Å². The minimum atomic E-state index is -0.419. The molecule has 0 unspecified atom stereocenters. The molecular weight excluding hydrogens is 350 g/mol. The lowest BCUT2D eigenvalue weighted by Crippen LogP contribution is -2.33. The average molecular weight is 377 g/mol. The molecule has 2 amide bonds. The van der Waals surface area contributed by atoms with Gasteiger partial charge in [0, 0.05) is 11.3 Å². The van der Waals surface area contributed by atoms with Gasteiger partial charge < -0.3 is 5.32 Å². The highest BCUT2D eigenvalue weighted by molar-refractivity contribution is 5.95. The zero-order valence-corrected chi connectivity index (χ0v) is 16.2. The van der Waals surface area contributed by atoms with Crippen molar-refractivity contribution in [1.82, 2.24) is 10.7 Å². The van der Waals surface area contributed by atoms with Crippen molar-refractivity contribution in [2.24, 2.45) is 11.0 Å². The number of nitrogens with zero attached hydrogens (tertiary/aromatic N) is 1. The molecule has 146 valence electrons. The summed E-state index contributed by atoms with van der Waals surface area (Å²) in [4.78, 5) is 25.1. The number of hydrazone groups is 1. The van der Waals surface area contributed by atoms with Crippen molar-refractivity contribution in [3.05, 3.63) is 71.8 Å². The van der Waals surface area contributed by atoms with Crippen molar-refractivity contribution in [1.29, 1.82) is 0 Å². The molecule has 0 saturated heterocycles. The normalized spacial score (nSPS) is 19.0. The van der Waals surface area contributed by atoms with Gasteiger partial charge in [0.1, 0.15) is 0 Å². The van der Waals surface area contributed by atoms with Gasteiger partial charge in [0.25, 0.3) is 5.91 Å². The predicted octanol–water partition coefficient (Wildman–Crippen LogP) is 4.23. The summed E-state index contributed by atoms with van der Waals surface area (Å²) in [5, 5.41) is 7.33. The maximum absolute atomic E-state index is 12.6. The number of hydrogen-bond acceptors (Lipinski definition) is 3. The van der Waals surface area contributed by atoms with Crippen LogP contribution in [-0.2, 0) is 4.79 Å². The molecule has 1 aliphatic carbocycles.